The van der Waals surface area contributed by atoms with Crippen LogP contribution in [0.1, 0.15) is 31.1 Å². The topological polar surface area (TPSA) is 66.9 Å². The molecule has 0 aliphatic heterocycles. The van der Waals surface area contributed by atoms with Crippen LogP contribution in [0.25, 0.3) is 0 Å². The molecule has 2 N–H and O–H groups in total. The largest absolute Gasteiger partial charge is 0.364 e. The van der Waals surface area contributed by atoms with Crippen LogP contribution < -0.4 is 10.6 Å². The molecule has 5 nitrogen and oxygen atoms in total. The van der Waals surface area contributed by atoms with E-state index in [1.54, 1.807) is 36.4 Å². The molecule has 2 aromatic rings. The average molecular weight is 305 g/mol. The minimum absolute atomic E-state index is 0.100. The lowest BCUT2D eigenvalue weighted by Crippen LogP contribution is -2.26. The Labute approximate surface area is 128 Å². The number of halogens is 1. The molecule has 0 aliphatic carbocycles. The van der Waals surface area contributed by atoms with Gasteiger partial charge in [-0.1, -0.05) is 23.7 Å². The molecular formula is C15H17ClN4O. The van der Waals surface area contributed by atoms with Crippen LogP contribution in [0.4, 0.5) is 11.6 Å². The third-order valence-corrected chi connectivity index (χ3v) is 2.86. The van der Waals surface area contributed by atoms with Crippen LogP contribution >= 0.6 is 11.6 Å². The number of aromatic nitrogens is 2. The quantitative estimate of drug-likeness (QED) is 0.909. The second kappa shape index (κ2) is 6.10. The van der Waals surface area contributed by atoms with E-state index in [9.17, 15) is 4.79 Å². The Kier molecular flexibility index (Phi) is 4.43. The second-order valence-corrected chi connectivity index (χ2v) is 6.02. The lowest BCUT2D eigenvalue weighted by molar-refractivity contribution is 0.102. The summed E-state index contributed by atoms with van der Waals surface area (Å²) in [5.41, 5.74) is 0.301. The third-order valence-electron chi connectivity index (χ3n) is 2.53. The predicted octanol–water partition coefficient (Wildman–Crippen LogP) is 3.59. The maximum atomic E-state index is 12.1. The van der Waals surface area contributed by atoms with Crippen LogP contribution in [-0.4, -0.2) is 21.6 Å². The summed E-state index contributed by atoms with van der Waals surface area (Å²) < 4.78 is 0. The lowest BCUT2D eigenvalue weighted by atomic mass is 10.1. The number of benzene rings is 1. The first kappa shape index (κ1) is 15.3. The van der Waals surface area contributed by atoms with E-state index in [2.05, 4.69) is 20.8 Å². The molecule has 1 heterocycles. The summed E-state index contributed by atoms with van der Waals surface area (Å²) in [6.45, 7) is 6.09. The summed E-state index contributed by atoms with van der Waals surface area (Å²) in [4.78, 5) is 12.1. The van der Waals surface area contributed by atoms with Crippen molar-refractivity contribution in [2.75, 3.05) is 10.6 Å². The standard InChI is InChI=1S/C15H17ClN4O/c1-15(2,3)18-13-9-8-12(19-20-13)17-14(21)10-6-4-5-7-11(10)16/h4-9H,1-3H3,(H,18,20)(H,17,19,21). The molecule has 2 rings (SSSR count). The van der Waals surface area contributed by atoms with E-state index < -0.39 is 0 Å². The van der Waals surface area contributed by atoms with Crippen molar-refractivity contribution in [2.45, 2.75) is 26.3 Å². The maximum absolute atomic E-state index is 12.1. The van der Waals surface area contributed by atoms with Crippen molar-refractivity contribution >= 4 is 29.1 Å². The third kappa shape index (κ3) is 4.43. The number of anilines is 2. The molecule has 1 amide bonds. The van der Waals surface area contributed by atoms with Crippen LogP contribution in [0.5, 0.6) is 0 Å². The number of rotatable bonds is 3. The highest BCUT2D eigenvalue weighted by Crippen LogP contribution is 2.17. The van der Waals surface area contributed by atoms with E-state index in [0.29, 0.717) is 22.2 Å². The fourth-order valence-electron chi connectivity index (χ4n) is 1.68. The van der Waals surface area contributed by atoms with Crippen LogP contribution in [0.15, 0.2) is 36.4 Å². The van der Waals surface area contributed by atoms with Gasteiger partial charge in [0, 0.05) is 5.54 Å². The van der Waals surface area contributed by atoms with Gasteiger partial charge in [-0.3, -0.25) is 4.79 Å². The van der Waals surface area contributed by atoms with Gasteiger partial charge < -0.3 is 10.6 Å². The molecule has 0 saturated carbocycles. The fourth-order valence-corrected chi connectivity index (χ4v) is 1.90. The van der Waals surface area contributed by atoms with Crippen LogP contribution in [-0.2, 0) is 0 Å². The zero-order valence-electron chi connectivity index (χ0n) is 12.1. The van der Waals surface area contributed by atoms with Gasteiger partial charge in [0.1, 0.15) is 5.82 Å². The van der Waals surface area contributed by atoms with Crippen molar-refractivity contribution in [1.29, 1.82) is 0 Å². The van der Waals surface area contributed by atoms with Crippen LogP contribution in [0.2, 0.25) is 5.02 Å². The van der Waals surface area contributed by atoms with E-state index in [-0.39, 0.29) is 11.4 Å². The van der Waals surface area contributed by atoms with Gasteiger partial charge in [-0.15, -0.1) is 10.2 Å². The Morgan fingerprint density at radius 3 is 2.24 bits per heavy atom. The summed E-state index contributed by atoms with van der Waals surface area (Å²) in [6.07, 6.45) is 0. The number of carbonyl (C=O) groups excluding carboxylic acids is 1. The van der Waals surface area contributed by atoms with Crippen molar-refractivity contribution in [2.24, 2.45) is 0 Å². The second-order valence-electron chi connectivity index (χ2n) is 5.61. The Morgan fingerprint density at radius 2 is 1.67 bits per heavy atom. The van der Waals surface area contributed by atoms with Gasteiger partial charge in [0.25, 0.3) is 5.91 Å². The van der Waals surface area contributed by atoms with E-state index in [4.69, 9.17) is 11.6 Å². The van der Waals surface area contributed by atoms with Crippen molar-refractivity contribution in [3.8, 4) is 0 Å². The number of carbonyl (C=O) groups is 1. The molecule has 0 bridgehead atoms. The van der Waals surface area contributed by atoms with Gasteiger partial charge in [-0.25, -0.2) is 0 Å². The van der Waals surface area contributed by atoms with Crippen LogP contribution in [0, 0.1) is 0 Å². The zero-order valence-corrected chi connectivity index (χ0v) is 12.9. The molecule has 0 atom stereocenters. The minimum atomic E-state index is -0.313. The molecule has 0 aliphatic rings. The molecular weight excluding hydrogens is 288 g/mol. The molecule has 21 heavy (non-hydrogen) atoms. The lowest BCUT2D eigenvalue weighted by Gasteiger charge is -2.20. The maximum Gasteiger partial charge on any atom is 0.258 e. The SMILES string of the molecule is CC(C)(C)Nc1ccc(NC(=O)c2ccccc2Cl)nn1. The summed E-state index contributed by atoms with van der Waals surface area (Å²) in [6, 6.07) is 10.3. The molecule has 0 spiro atoms. The Hall–Kier alpha value is -2.14. The van der Waals surface area contributed by atoms with Crippen molar-refractivity contribution in [1.82, 2.24) is 10.2 Å². The molecule has 0 saturated heterocycles. The molecule has 0 fully saturated rings. The molecule has 0 radical (unpaired) electrons. The molecule has 110 valence electrons. The first-order chi connectivity index (χ1) is 9.85. The number of nitrogens with zero attached hydrogens (tertiary/aromatic N) is 2. The van der Waals surface area contributed by atoms with E-state index in [0.717, 1.165) is 0 Å². The van der Waals surface area contributed by atoms with Gasteiger partial charge in [0.2, 0.25) is 0 Å². The highest BCUT2D eigenvalue weighted by molar-refractivity contribution is 6.34. The molecule has 6 heteroatoms. The monoisotopic (exact) mass is 304 g/mol. The Morgan fingerprint density at radius 1 is 1.05 bits per heavy atom. The summed E-state index contributed by atoms with van der Waals surface area (Å²) >= 11 is 5.98. The summed E-state index contributed by atoms with van der Waals surface area (Å²) in [5, 5.41) is 14.3. The number of nitrogens with one attached hydrogen (secondary N) is 2. The Bertz CT molecular complexity index is 635. The van der Waals surface area contributed by atoms with Gasteiger partial charge in [-0.05, 0) is 45.0 Å². The number of hydrogen-bond acceptors (Lipinski definition) is 4. The molecule has 0 unspecified atom stereocenters. The normalized spacial score (nSPS) is 11.0. The highest BCUT2D eigenvalue weighted by Gasteiger charge is 2.12. The van der Waals surface area contributed by atoms with Gasteiger partial charge in [-0.2, -0.15) is 0 Å². The zero-order chi connectivity index (χ0) is 15.5. The van der Waals surface area contributed by atoms with Crippen molar-refractivity contribution in [3.05, 3.63) is 47.0 Å². The average Bonchev–Trinajstić information content (AvgIpc) is 2.40. The van der Waals surface area contributed by atoms with Crippen molar-refractivity contribution in [3.63, 3.8) is 0 Å². The van der Waals surface area contributed by atoms with E-state index in [1.165, 1.54) is 0 Å². The van der Waals surface area contributed by atoms with Crippen LogP contribution in [0.3, 0.4) is 0 Å². The number of hydrogen-bond donors (Lipinski definition) is 2. The van der Waals surface area contributed by atoms with E-state index >= 15 is 0 Å². The predicted molar refractivity (Wildman–Crippen MR) is 84.8 cm³/mol. The van der Waals surface area contributed by atoms with Gasteiger partial charge in [0.05, 0.1) is 10.6 Å². The van der Waals surface area contributed by atoms with Gasteiger partial charge in [0.15, 0.2) is 5.82 Å². The number of amides is 1. The molecule has 1 aromatic heterocycles. The molecule has 1 aromatic carbocycles. The summed E-state index contributed by atoms with van der Waals surface area (Å²) in [7, 11) is 0. The first-order valence-electron chi connectivity index (χ1n) is 6.53. The van der Waals surface area contributed by atoms with Gasteiger partial charge >= 0.3 is 0 Å². The summed E-state index contributed by atoms with van der Waals surface area (Å²) in [5.74, 6) is 0.712. The fraction of sp³-hybridized carbons (Fsp3) is 0.267. The highest BCUT2D eigenvalue weighted by atomic mass is 35.5. The smallest absolute Gasteiger partial charge is 0.258 e. The van der Waals surface area contributed by atoms with Crippen molar-refractivity contribution < 1.29 is 4.79 Å². The minimum Gasteiger partial charge on any atom is -0.364 e. The first-order valence-corrected chi connectivity index (χ1v) is 6.91. The Balaban J connectivity index is 2.07. The van der Waals surface area contributed by atoms with E-state index in [1.807, 2.05) is 20.8 Å².